The Hall–Kier alpha value is -2.75. The lowest BCUT2D eigenvalue weighted by Crippen LogP contribution is -2.46. The Morgan fingerprint density at radius 2 is 1.90 bits per heavy atom. The van der Waals surface area contributed by atoms with E-state index < -0.39 is 6.10 Å². The first-order valence-electron chi connectivity index (χ1n) is 12.8. The first kappa shape index (κ1) is 30.8. The number of aliphatic hydroxyl groups excluding tert-OH is 1. The molecule has 0 saturated carbocycles. The van der Waals surface area contributed by atoms with Crippen molar-refractivity contribution < 1.29 is 5.11 Å². The zero-order valence-electron chi connectivity index (χ0n) is 22.0. The number of halogens is 3. The van der Waals surface area contributed by atoms with Gasteiger partial charge in [0.2, 0.25) is 0 Å². The predicted molar refractivity (Wildman–Crippen MR) is 165 cm³/mol. The number of aromatic amines is 2. The summed E-state index contributed by atoms with van der Waals surface area (Å²) in [5, 5.41) is 14.4. The average Bonchev–Trinajstić information content (AvgIpc) is 3.32. The molecule has 1 atom stereocenters. The Morgan fingerprint density at radius 3 is 2.62 bits per heavy atom. The van der Waals surface area contributed by atoms with Crippen LogP contribution in [-0.2, 0) is 0 Å². The Morgan fingerprint density at radius 1 is 1.13 bits per heavy atom. The van der Waals surface area contributed by atoms with E-state index in [2.05, 4.69) is 51.1 Å². The molecule has 0 unspecified atom stereocenters. The number of imidazole rings is 1. The van der Waals surface area contributed by atoms with Crippen molar-refractivity contribution in [2.75, 3.05) is 49.5 Å². The molecule has 1 saturated heterocycles. The van der Waals surface area contributed by atoms with Gasteiger partial charge in [-0.15, -0.1) is 24.8 Å². The molecule has 210 valence electrons. The molecule has 1 aliphatic heterocycles. The molecule has 0 bridgehead atoms. The topological polar surface area (TPSA) is 100 Å². The van der Waals surface area contributed by atoms with Gasteiger partial charge in [0.15, 0.2) is 0 Å². The quantitative estimate of drug-likeness (QED) is 0.218. The molecule has 0 spiro atoms. The van der Waals surface area contributed by atoms with Gasteiger partial charge in [0.25, 0.3) is 5.56 Å². The molecule has 4 N–H and O–H groups in total. The Kier molecular flexibility index (Phi) is 10.7. The maximum atomic E-state index is 12.9. The van der Waals surface area contributed by atoms with Crippen LogP contribution in [0.4, 0.5) is 11.4 Å². The number of piperazine rings is 1. The highest BCUT2D eigenvalue weighted by molar-refractivity contribution is 6.30. The second-order valence-corrected chi connectivity index (χ2v) is 10.1. The summed E-state index contributed by atoms with van der Waals surface area (Å²) in [6.07, 6.45) is 1.98. The summed E-state index contributed by atoms with van der Waals surface area (Å²) in [7, 11) is 0. The molecule has 0 amide bonds. The van der Waals surface area contributed by atoms with E-state index in [-0.39, 0.29) is 36.9 Å². The molecule has 39 heavy (non-hydrogen) atoms. The largest absolute Gasteiger partial charge is 0.387 e. The number of nitrogens with one attached hydrogen (secondary N) is 3. The number of aromatic nitrogens is 3. The van der Waals surface area contributed by atoms with Gasteiger partial charge in [0.05, 0.1) is 22.8 Å². The van der Waals surface area contributed by atoms with E-state index in [1.165, 1.54) is 12.1 Å². The van der Waals surface area contributed by atoms with E-state index in [0.29, 0.717) is 27.7 Å². The summed E-state index contributed by atoms with van der Waals surface area (Å²) in [6.45, 7) is 9.75. The first-order valence-corrected chi connectivity index (χ1v) is 13.2. The van der Waals surface area contributed by atoms with Gasteiger partial charge in [0, 0.05) is 49.6 Å². The van der Waals surface area contributed by atoms with Crippen molar-refractivity contribution >= 4 is 58.8 Å². The highest BCUT2D eigenvalue weighted by atomic mass is 35.5. The maximum Gasteiger partial charge on any atom is 0.261 e. The van der Waals surface area contributed by atoms with Gasteiger partial charge in [-0.05, 0) is 61.3 Å². The van der Waals surface area contributed by atoms with Crippen molar-refractivity contribution in [1.82, 2.24) is 19.9 Å². The van der Waals surface area contributed by atoms with Gasteiger partial charge in [-0.3, -0.25) is 9.69 Å². The molecule has 11 heteroatoms. The van der Waals surface area contributed by atoms with Crippen LogP contribution < -0.4 is 15.8 Å². The molecule has 2 aromatic heterocycles. The third-order valence-electron chi connectivity index (χ3n) is 6.96. The van der Waals surface area contributed by atoms with Gasteiger partial charge in [0.1, 0.15) is 11.4 Å². The number of H-pyrrole nitrogens is 2. The van der Waals surface area contributed by atoms with E-state index in [9.17, 15) is 9.90 Å². The Bertz CT molecular complexity index is 1450. The van der Waals surface area contributed by atoms with Crippen LogP contribution in [0.3, 0.4) is 0 Å². The number of aryl methyl sites for hydroxylation is 1. The lowest BCUT2D eigenvalue weighted by atomic mass is 10.1. The number of pyridine rings is 1. The molecule has 4 aromatic rings. The molecule has 2 aromatic carbocycles. The highest BCUT2D eigenvalue weighted by Crippen LogP contribution is 2.30. The van der Waals surface area contributed by atoms with Crippen molar-refractivity contribution in [3.05, 3.63) is 75.2 Å². The number of rotatable bonds is 8. The molecule has 0 radical (unpaired) electrons. The zero-order valence-corrected chi connectivity index (χ0v) is 24.4. The Labute approximate surface area is 245 Å². The zero-order chi connectivity index (χ0) is 25.9. The maximum absolute atomic E-state index is 12.9. The fourth-order valence-corrected chi connectivity index (χ4v) is 5.22. The van der Waals surface area contributed by atoms with Crippen molar-refractivity contribution in [3.63, 3.8) is 0 Å². The molecular formula is C28H35Cl3N6O2. The van der Waals surface area contributed by atoms with Crippen LogP contribution in [0.1, 0.15) is 30.6 Å². The third-order valence-corrected chi connectivity index (χ3v) is 7.19. The van der Waals surface area contributed by atoms with Gasteiger partial charge in [-0.25, -0.2) is 4.98 Å². The monoisotopic (exact) mass is 592 g/mol. The normalized spacial score (nSPS) is 14.5. The standard InChI is InChI=1S/C28H33ClN6O2.2ClH/c1-3-9-34-10-12-35(13-11-34)21-14-18(2)26-23(16-21)32-27(33-26)25-22(7-8-30-28(25)37)31-17-24(36)19-5-4-6-20(29)15-19;;/h4-8,14-16,24,36H,3,9-13,17H2,1-2H3,(H,32,33)(H2,30,31,37);2*1H/t24-;;/m1../s1. The van der Waals surface area contributed by atoms with Crippen molar-refractivity contribution in [3.8, 4) is 11.4 Å². The van der Waals surface area contributed by atoms with Gasteiger partial charge < -0.3 is 25.3 Å². The van der Waals surface area contributed by atoms with E-state index in [1.54, 1.807) is 30.5 Å². The second kappa shape index (κ2) is 13.5. The lowest BCUT2D eigenvalue weighted by Gasteiger charge is -2.36. The van der Waals surface area contributed by atoms with E-state index >= 15 is 0 Å². The number of anilines is 2. The summed E-state index contributed by atoms with van der Waals surface area (Å²) in [4.78, 5) is 28.8. The minimum atomic E-state index is -0.788. The van der Waals surface area contributed by atoms with Crippen LogP contribution in [0.15, 0.2) is 53.5 Å². The van der Waals surface area contributed by atoms with Crippen molar-refractivity contribution in [2.45, 2.75) is 26.4 Å². The fraction of sp³-hybridized carbons (Fsp3) is 0.357. The summed E-state index contributed by atoms with van der Waals surface area (Å²) in [5.74, 6) is 0.490. The van der Waals surface area contributed by atoms with Crippen LogP contribution in [0.5, 0.6) is 0 Å². The summed E-state index contributed by atoms with van der Waals surface area (Å²) in [5.41, 5.74) is 5.41. The van der Waals surface area contributed by atoms with Gasteiger partial charge in [-0.1, -0.05) is 30.7 Å². The number of hydrogen-bond donors (Lipinski definition) is 4. The summed E-state index contributed by atoms with van der Waals surface area (Å²) in [6, 6.07) is 13.2. The average molecular weight is 594 g/mol. The van der Waals surface area contributed by atoms with Crippen molar-refractivity contribution in [1.29, 1.82) is 0 Å². The molecule has 3 heterocycles. The van der Waals surface area contributed by atoms with E-state index in [1.807, 2.05) is 6.07 Å². The highest BCUT2D eigenvalue weighted by Gasteiger charge is 2.20. The molecular weight excluding hydrogens is 559 g/mol. The summed E-state index contributed by atoms with van der Waals surface area (Å²) < 4.78 is 0. The predicted octanol–water partition coefficient (Wildman–Crippen LogP) is 5.40. The second-order valence-electron chi connectivity index (χ2n) is 9.62. The lowest BCUT2D eigenvalue weighted by molar-refractivity contribution is 0.191. The number of hydrogen-bond acceptors (Lipinski definition) is 6. The van der Waals surface area contributed by atoms with Crippen LogP contribution in [0.2, 0.25) is 5.02 Å². The minimum Gasteiger partial charge on any atom is -0.387 e. The number of fused-ring (bicyclic) bond motifs is 1. The number of nitrogens with zero attached hydrogens (tertiary/aromatic N) is 3. The van der Waals surface area contributed by atoms with Crippen LogP contribution >= 0.6 is 36.4 Å². The smallest absolute Gasteiger partial charge is 0.261 e. The van der Waals surface area contributed by atoms with Crippen LogP contribution in [-0.4, -0.2) is 64.2 Å². The van der Waals surface area contributed by atoms with E-state index in [4.69, 9.17) is 16.6 Å². The first-order chi connectivity index (χ1) is 17.9. The fourth-order valence-electron chi connectivity index (χ4n) is 5.02. The van der Waals surface area contributed by atoms with E-state index in [0.717, 1.165) is 49.3 Å². The summed E-state index contributed by atoms with van der Waals surface area (Å²) >= 11 is 6.07. The SMILES string of the molecule is CCCN1CCN(c2cc(C)c3nc(-c4c(NC[C@@H](O)c5cccc(Cl)c5)cc[nH]c4=O)[nH]c3c2)CC1.Cl.Cl. The van der Waals surface area contributed by atoms with Gasteiger partial charge >= 0.3 is 0 Å². The molecule has 0 aliphatic carbocycles. The number of aliphatic hydroxyl groups is 1. The van der Waals surface area contributed by atoms with Crippen molar-refractivity contribution in [2.24, 2.45) is 0 Å². The molecule has 1 aliphatic rings. The minimum absolute atomic E-state index is 0. The third kappa shape index (κ3) is 6.88. The van der Waals surface area contributed by atoms with Crippen LogP contribution in [0, 0.1) is 6.92 Å². The number of benzene rings is 2. The molecule has 8 nitrogen and oxygen atoms in total. The van der Waals surface area contributed by atoms with Gasteiger partial charge in [-0.2, -0.15) is 0 Å². The molecule has 5 rings (SSSR count). The molecule has 1 fully saturated rings. The van der Waals surface area contributed by atoms with Crippen LogP contribution in [0.25, 0.3) is 22.4 Å². The Balaban J connectivity index is 0.00000210.